The molecule has 1 heterocycles. The minimum atomic E-state index is -3.62. The lowest BCUT2D eigenvalue weighted by atomic mass is 10.2. The molecule has 0 saturated carbocycles. The Morgan fingerprint density at radius 2 is 1.93 bits per heavy atom. The summed E-state index contributed by atoms with van der Waals surface area (Å²) >= 11 is 1.48. The predicted octanol–water partition coefficient (Wildman–Crippen LogP) is 2.50. The van der Waals surface area contributed by atoms with Gasteiger partial charge in [-0.15, -0.1) is 0 Å². The van der Waals surface area contributed by atoms with Gasteiger partial charge in [0.1, 0.15) is 0 Å². The van der Waals surface area contributed by atoms with Gasteiger partial charge in [0.05, 0.1) is 11.3 Å². The molecule has 0 aliphatic carbocycles. The SMILES string of the molecule is CCN(CC)S(=O)(=O)c1cccc(NC(=O)COC(=O)Cc2ccsc2)c1. The number of sulfonamides is 1. The third-order valence-electron chi connectivity index (χ3n) is 3.75. The minimum absolute atomic E-state index is 0.0958. The molecule has 7 nitrogen and oxygen atoms in total. The standard InChI is InChI=1S/C18H22N2O5S2/c1-3-20(4-2)27(23,24)16-7-5-6-15(11-16)19-17(21)12-25-18(22)10-14-8-9-26-13-14/h5-9,11,13H,3-4,10,12H2,1-2H3,(H,19,21). The van der Waals surface area contributed by atoms with Crippen LogP contribution in [-0.4, -0.2) is 44.3 Å². The van der Waals surface area contributed by atoms with E-state index in [2.05, 4.69) is 5.32 Å². The lowest BCUT2D eigenvalue weighted by molar-refractivity contribution is -0.146. The Morgan fingerprint density at radius 3 is 2.56 bits per heavy atom. The molecule has 0 aliphatic heterocycles. The Morgan fingerprint density at radius 1 is 1.19 bits per heavy atom. The number of benzene rings is 1. The van der Waals surface area contributed by atoms with Crippen molar-refractivity contribution in [1.82, 2.24) is 4.31 Å². The van der Waals surface area contributed by atoms with Crippen molar-refractivity contribution in [2.45, 2.75) is 25.2 Å². The topological polar surface area (TPSA) is 92.8 Å². The highest BCUT2D eigenvalue weighted by Crippen LogP contribution is 2.19. The van der Waals surface area contributed by atoms with Crippen molar-refractivity contribution in [3.8, 4) is 0 Å². The van der Waals surface area contributed by atoms with Gasteiger partial charge in [-0.3, -0.25) is 9.59 Å². The molecule has 1 amide bonds. The third-order valence-corrected chi connectivity index (χ3v) is 6.53. The van der Waals surface area contributed by atoms with Gasteiger partial charge in [-0.1, -0.05) is 19.9 Å². The number of carbonyl (C=O) groups excluding carboxylic acids is 2. The first-order valence-electron chi connectivity index (χ1n) is 8.43. The van der Waals surface area contributed by atoms with E-state index in [1.54, 1.807) is 26.0 Å². The van der Waals surface area contributed by atoms with Crippen LogP contribution in [-0.2, 0) is 30.8 Å². The van der Waals surface area contributed by atoms with Gasteiger partial charge in [0, 0.05) is 18.8 Å². The number of amides is 1. The first-order chi connectivity index (χ1) is 12.9. The predicted molar refractivity (Wildman–Crippen MR) is 104 cm³/mol. The van der Waals surface area contributed by atoms with Crippen LogP contribution in [0.4, 0.5) is 5.69 Å². The largest absolute Gasteiger partial charge is 0.455 e. The first kappa shape index (κ1) is 21.1. The molecular formula is C18H22N2O5S2. The average Bonchev–Trinajstić information content (AvgIpc) is 3.14. The molecule has 0 radical (unpaired) electrons. The molecule has 0 atom stereocenters. The van der Waals surface area contributed by atoms with Gasteiger partial charge in [-0.2, -0.15) is 15.6 Å². The number of thiophene rings is 1. The summed E-state index contributed by atoms with van der Waals surface area (Å²) in [5, 5.41) is 6.24. The zero-order chi connectivity index (χ0) is 19.9. The number of rotatable bonds is 9. The summed E-state index contributed by atoms with van der Waals surface area (Å²) in [6, 6.07) is 7.80. The van der Waals surface area contributed by atoms with Crippen LogP contribution >= 0.6 is 11.3 Å². The van der Waals surface area contributed by atoms with E-state index in [4.69, 9.17) is 4.74 Å². The number of nitrogens with zero attached hydrogens (tertiary/aromatic N) is 1. The quantitative estimate of drug-likeness (QED) is 0.641. The van der Waals surface area contributed by atoms with Gasteiger partial charge in [-0.25, -0.2) is 8.42 Å². The van der Waals surface area contributed by atoms with Crippen molar-refractivity contribution in [3.05, 3.63) is 46.7 Å². The molecule has 2 aromatic rings. The van der Waals surface area contributed by atoms with E-state index in [1.807, 2.05) is 16.8 Å². The van der Waals surface area contributed by atoms with E-state index < -0.39 is 28.5 Å². The van der Waals surface area contributed by atoms with Crippen LogP contribution in [0.3, 0.4) is 0 Å². The van der Waals surface area contributed by atoms with Crippen LogP contribution in [0.2, 0.25) is 0 Å². The van der Waals surface area contributed by atoms with E-state index in [0.29, 0.717) is 18.8 Å². The van der Waals surface area contributed by atoms with Crippen LogP contribution in [0.25, 0.3) is 0 Å². The number of nitrogens with one attached hydrogen (secondary N) is 1. The molecule has 1 N–H and O–H groups in total. The van der Waals surface area contributed by atoms with Gasteiger partial charge in [0.2, 0.25) is 10.0 Å². The minimum Gasteiger partial charge on any atom is -0.455 e. The van der Waals surface area contributed by atoms with E-state index in [-0.39, 0.29) is 11.3 Å². The van der Waals surface area contributed by atoms with E-state index in [9.17, 15) is 18.0 Å². The zero-order valence-corrected chi connectivity index (χ0v) is 16.8. The highest BCUT2D eigenvalue weighted by molar-refractivity contribution is 7.89. The Bertz CT molecular complexity index is 875. The Hall–Kier alpha value is -2.23. The fourth-order valence-electron chi connectivity index (χ4n) is 2.40. The summed E-state index contributed by atoms with van der Waals surface area (Å²) in [5.74, 6) is -1.03. The van der Waals surface area contributed by atoms with Gasteiger partial charge in [-0.05, 0) is 40.6 Å². The number of carbonyl (C=O) groups is 2. The maximum Gasteiger partial charge on any atom is 0.310 e. The van der Waals surface area contributed by atoms with Gasteiger partial charge < -0.3 is 10.1 Å². The molecular weight excluding hydrogens is 388 g/mol. The van der Waals surface area contributed by atoms with Crippen molar-refractivity contribution in [3.63, 3.8) is 0 Å². The molecule has 0 spiro atoms. The molecule has 0 fully saturated rings. The van der Waals surface area contributed by atoms with Crippen molar-refractivity contribution in [1.29, 1.82) is 0 Å². The summed E-state index contributed by atoms with van der Waals surface area (Å²) in [7, 11) is -3.62. The van der Waals surface area contributed by atoms with E-state index >= 15 is 0 Å². The summed E-state index contributed by atoms with van der Waals surface area (Å²) in [6.45, 7) is 3.80. The second kappa shape index (κ2) is 9.63. The number of hydrogen-bond donors (Lipinski definition) is 1. The molecule has 9 heteroatoms. The average molecular weight is 411 g/mol. The molecule has 2 rings (SSSR count). The van der Waals surface area contributed by atoms with Gasteiger partial charge >= 0.3 is 5.97 Å². The Labute approximate surface area is 163 Å². The fourth-order valence-corrected chi connectivity index (χ4v) is 4.57. The van der Waals surface area contributed by atoms with Crippen LogP contribution < -0.4 is 5.32 Å². The van der Waals surface area contributed by atoms with Gasteiger partial charge in [0.15, 0.2) is 6.61 Å². The molecule has 0 saturated heterocycles. The lowest BCUT2D eigenvalue weighted by Gasteiger charge is -2.18. The Kier molecular flexibility index (Phi) is 7.52. The van der Waals surface area contributed by atoms with Crippen LogP contribution in [0, 0.1) is 0 Å². The normalized spacial score (nSPS) is 11.4. The van der Waals surface area contributed by atoms with Crippen LogP contribution in [0.1, 0.15) is 19.4 Å². The molecule has 1 aromatic carbocycles. The second-order valence-electron chi connectivity index (χ2n) is 5.63. The molecule has 0 bridgehead atoms. The van der Waals surface area contributed by atoms with Crippen molar-refractivity contribution in [2.24, 2.45) is 0 Å². The van der Waals surface area contributed by atoms with Crippen molar-refractivity contribution < 1.29 is 22.7 Å². The van der Waals surface area contributed by atoms with E-state index in [1.165, 1.54) is 27.8 Å². The third kappa shape index (κ3) is 5.88. The summed E-state index contributed by atoms with van der Waals surface area (Å²) in [4.78, 5) is 23.8. The zero-order valence-electron chi connectivity index (χ0n) is 15.2. The summed E-state index contributed by atoms with van der Waals surface area (Å²) < 4.78 is 31.4. The van der Waals surface area contributed by atoms with E-state index in [0.717, 1.165) is 5.56 Å². The highest BCUT2D eigenvalue weighted by Gasteiger charge is 2.21. The fraction of sp³-hybridized carbons (Fsp3) is 0.333. The maximum atomic E-state index is 12.5. The number of anilines is 1. The lowest BCUT2D eigenvalue weighted by Crippen LogP contribution is -2.30. The first-order valence-corrected chi connectivity index (χ1v) is 10.8. The van der Waals surface area contributed by atoms with Crippen LogP contribution in [0.15, 0.2) is 46.0 Å². The molecule has 1 aromatic heterocycles. The summed E-state index contributed by atoms with van der Waals surface area (Å²) in [6.07, 6.45) is 0.106. The number of ether oxygens (including phenoxy) is 1. The molecule has 27 heavy (non-hydrogen) atoms. The van der Waals surface area contributed by atoms with Crippen LogP contribution in [0.5, 0.6) is 0 Å². The highest BCUT2D eigenvalue weighted by atomic mass is 32.2. The monoisotopic (exact) mass is 410 g/mol. The van der Waals surface area contributed by atoms with Gasteiger partial charge in [0.25, 0.3) is 5.91 Å². The smallest absolute Gasteiger partial charge is 0.310 e. The molecule has 0 aliphatic rings. The summed E-state index contributed by atoms with van der Waals surface area (Å²) in [5.41, 5.74) is 1.15. The Balaban J connectivity index is 1.95. The van der Waals surface area contributed by atoms with Crippen molar-refractivity contribution in [2.75, 3.05) is 25.0 Å². The second-order valence-corrected chi connectivity index (χ2v) is 8.35. The molecule has 0 unspecified atom stereocenters. The number of hydrogen-bond acceptors (Lipinski definition) is 6. The molecule has 146 valence electrons. The maximum absolute atomic E-state index is 12.5. The van der Waals surface area contributed by atoms with Crippen molar-refractivity contribution >= 4 is 38.9 Å². The number of esters is 1.